The summed E-state index contributed by atoms with van der Waals surface area (Å²) in [5, 5.41) is 9.34. The van der Waals surface area contributed by atoms with Crippen molar-refractivity contribution < 1.29 is 23.8 Å². The van der Waals surface area contributed by atoms with E-state index in [1.807, 2.05) is 12.1 Å². The third kappa shape index (κ3) is 5.41. The Bertz CT molecular complexity index is 1340. The second kappa shape index (κ2) is 10.7. The molecule has 4 heterocycles. The van der Waals surface area contributed by atoms with Crippen LogP contribution in [0, 0.1) is 0 Å². The first-order valence-electron chi connectivity index (χ1n) is 12.8. The molecule has 10 heteroatoms. The maximum Gasteiger partial charge on any atom is 0.415 e. The lowest BCUT2D eigenvalue weighted by molar-refractivity contribution is -0.118. The first-order valence-corrected chi connectivity index (χ1v) is 12.8. The van der Waals surface area contributed by atoms with E-state index in [4.69, 9.17) is 14.2 Å². The molecule has 1 aromatic heterocycles. The number of carbonyl (C=O) groups is 2. The number of rotatable bonds is 9. The number of cyclic esters (lactones) is 1. The van der Waals surface area contributed by atoms with Crippen LogP contribution < -0.4 is 30.3 Å². The summed E-state index contributed by atoms with van der Waals surface area (Å²) < 4.78 is 16.9. The van der Waals surface area contributed by atoms with E-state index < -0.39 is 6.09 Å². The summed E-state index contributed by atoms with van der Waals surface area (Å²) in [6.45, 7) is 3.53. The van der Waals surface area contributed by atoms with Crippen LogP contribution in [0.25, 0.3) is 11.1 Å². The molecule has 0 radical (unpaired) electrons. The molecule has 3 aromatic rings. The minimum absolute atomic E-state index is 0.0419. The number of benzene rings is 2. The number of amides is 2. The van der Waals surface area contributed by atoms with Crippen LogP contribution in [-0.4, -0.2) is 62.0 Å². The molecule has 10 nitrogen and oxygen atoms in total. The van der Waals surface area contributed by atoms with Crippen molar-refractivity contribution in [3.63, 3.8) is 0 Å². The molecule has 0 aliphatic carbocycles. The highest BCUT2D eigenvalue weighted by Gasteiger charge is 2.33. The summed E-state index contributed by atoms with van der Waals surface area (Å²) in [7, 11) is 0. The molecule has 1 atom stereocenters. The van der Waals surface area contributed by atoms with Gasteiger partial charge in [0.1, 0.15) is 23.8 Å². The van der Waals surface area contributed by atoms with Gasteiger partial charge in [-0.3, -0.25) is 9.69 Å². The molecule has 2 saturated heterocycles. The van der Waals surface area contributed by atoms with Crippen LogP contribution in [0.3, 0.4) is 0 Å². The van der Waals surface area contributed by atoms with Crippen molar-refractivity contribution in [1.82, 2.24) is 15.6 Å². The molecule has 0 unspecified atom stereocenters. The topological polar surface area (TPSA) is 114 Å². The normalized spacial score (nSPS) is 18.7. The Labute approximate surface area is 220 Å². The zero-order chi connectivity index (χ0) is 25.9. The number of hydrogen-bond donors (Lipinski definition) is 3. The molecule has 3 aliphatic rings. The molecule has 38 heavy (non-hydrogen) atoms. The summed E-state index contributed by atoms with van der Waals surface area (Å²) in [6.07, 6.45) is 0.220. The van der Waals surface area contributed by atoms with Gasteiger partial charge in [-0.25, -0.2) is 9.78 Å². The second-order valence-corrected chi connectivity index (χ2v) is 9.56. The maximum absolute atomic E-state index is 12.5. The van der Waals surface area contributed by atoms with Crippen molar-refractivity contribution in [2.75, 3.05) is 43.0 Å². The van der Waals surface area contributed by atoms with Gasteiger partial charge in [0, 0.05) is 19.6 Å². The standard InChI is InChI=1S/C28H29N5O5/c34-26-17-36-24-7-8-25(31-27(24)32-26)33-16-22(38-28(33)35)9-10-29-13-18-3-1-4-19(11-18)20-5-2-6-21(12-20)37-23-14-30-15-23/h1-8,11-12,22-23,29-30H,9-10,13-17H2,(H,31,32,34)/t22-/m0/s1. The lowest BCUT2D eigenvalue weighted by Gasteiger charge is -2.28. The third-order valence-electron chi connectivity index (χ3n) is 6.72. The van der Waals surface area contributed by atoms with Crippen molar-refractivity contribution in [3.05, 3.63) is 66.2 Å². The molecule has 0 saturated carbocycles. The van der Waals surface area contributed by atoms with E-state index in [0.717, 1.165) is 30.0 Å². The van der Waals surface area contributed by atoms with Crippen molar-refractivity contribution in [1.29, 1.82) is 0 Å². The number of anilines is 2. The van der Waals surface area contributed by atoms with Gasteiger partial charge in [0.25, 0.3) is 5.91 Å². The first kappa shape index (κ1) is 24.2. The summed E-state index contributed by atoms with van der Waals surface area (Å²) >= 11 is 0. The largest absolute Gasteiger partial charge is 0.488 e. The zero-order valence-electron chi connectivity index (χ0n) is 20.8. The molecule has 3 aliphatic heterocycles. The predicted molar refractivity (Wildman–Crippen MR) is 141 cm³/mol. The lowest BCUT2D eigenvalue weighted by atomic mass is 10.0. The fraction of sp³-hybridized carbons (Fsp3) is 0.321. The first-order chi connectivity index (χ1) is 18.6. The maximum atomic E-state index is 12.5. The fourth-order valence-corrected chi connectivity index (χ4v) is 4.61. The Morgan fingerprint density at radius 2 is 1.89 bits per heavy atom. The Kier molecular flexibility index (Phi) is 6.80. The number of aromatic nitrogens is 1. The average molecular weight is 516 g/mol. The van der Waals surface area contributed by atoms with Gasteiger partial charge in [0.05, 0.1) is 6.54 Å². The zero-order valence-corrected chi connectivity index (χ0v) is 20.8. The Morgan fingerprint density at radius 1 is 1.05 bits per heavy atom. The molecule has 2 aromatic carbocycles. The van der Waals surface area contributed by atoms with Gasteiger partial charge in [-0.05, 0) is 60.0 Å². The van der Waals surface area contributed by atoms with E-state index in [0.29, 0.717) is 43.4 Å². The van der Waals surface area contributed by atoms with Crippen molar-refractivity contribution in [2.45, 2.75) is 25.2 Å². The van der Waals surface area contributed by atoms with Crippen LogP contribution in [0.1, 0.15) is 12.0 Å². The molecule has 0 bridgehead atoms. The van der Waals surface area contributed by atoms with E-state index in [9.17, 15) is 9.59 Å². The summed E-state index contributed by atoms with van der Waals surface area (Å²) in [5.74, 6) is 1.84. The number of ether oxygens (including phenoxy) is 3. The van der Waals surface area contributed by atoms with Gasteiger partial charge in [0.15, 0.2) is 18.2 Å². The Morgan fingerprint density at radius 3 is 2.74 bits per heavy atom. The monoisotopic (exact) mass is 515 g/mol. The summed E-state index contributed by atoms with van der Waals surface area (Å²) in [4.78, 5) is 29.9. The highest BCUT2D eigenvalue weighted by atomic mass is 16.6. The number of nitrogens with one attached hydrogen (secondary N) is 3. The molecule has 0 spiro atoms. The molecular formula is C28H29N5O5. The van der Waals surface area contributed by atoms with Gasteiger partial charge in [-0.2, -0.15) is 0 Å². The molecular weight excluding hydrogens is 486 g/mol. The highest BCUT2D eigenvalue weighted by Crippen LogP contribution is 2.30. The number of pyridine rings is 1. The number of nitrogens with zero attached hydrogens (tertiary/aromatic N) is 2. The van der Waals surface area contributed by atoms with E-state index in [2.05, 4.69) is 57.3 Å². The van der Waals surface area contributed by atoms with Crippen molar-refractivity contribution in [3.8, 4) is 22.6 Å². The van der Waals surface area contributed by atoms with Gasteiger partial charge in [0.2, 0.25) is 0 Å². The molecule has 2 amide bonds. The van der Waals surface area contributed by atoms with E-state index in [1.165, 1.54) is 10.5 Å². The lowest BCUT2D eigenvalue weighted by Crippen LogP contribution is -2.50. The van der Waals surface area contributed by atoms with Crippen molar-refractivity contribution >= 4 is 23.6 Å². The number of hydrogen-bond acceptors (Lipinski definition) is 8. The quantitative estimate of drug-likeness (QED) is 0.373. The smallest absolute Gasteiger partial charge is 0.415 e. The van der Waals surface area contributed by atoms with Gasteiger partial charge in [-0.15, -0.1) is 0 Å². The van der Waals surface area contributed by atoms with Gasteiger partial charge < -0.3 is 30.2 Å². The minimum Gasteiger partial charge on any atom is -0.488 e. The molecule has 3 N–H and O–H groups in total. The van der Waals surface area contributed by atoms with Crippen LogP contribution in [0.4, 0.5) is 16.4 Å². The van der Waals surface area contributed by atoms with E-state index in [1.54, 1.807) is 12.1 Å². The summed E-state index contributed by atoms with van der Waals surface area (Å²) in [6, 6.07) is 20.0. The van der Waals surface area contributed by atoms with E-state index >= 15 is 0 Å². The molecule has 2 fully saturated rings. The van der Waals surface area contributed by atoms with Crippen LogP contribution in [-0.2, 0) is 16.1 Å². The van der Waals surface area contributed by atoms with Crippen LogP contribution in [0.15, 0.2) is 60.7 Å². The highest BCUT2D eigenvalue weighted by molar-refractivity contribution is 5.95. The molecule has 6 rings (SSSR count). The Balaban J connectivity index is 1.00. The van der Waals surface area contributed by atoms with Crippen LogP contribution in [0.5, 0.6) is 11.5 Å². The number of carbonyl (C=O) groups excluding carboxylic acids is 2. The van der Waals surface area contributed by atoms with Crippen molar-refractivity contribution in [2.24, 2.45) is 0 Å². The fourth-order valence-electron chi connectivity index (χ4n) is 4.61. The van der Waals surface area contributed by atoms with Gasteiger partial charge >= 0.3 is 6.09 Å². The Hall–Kier alpha value is -4.15. The SMILES string of the molecule is O=C1COc2ccc(N3C[C@H](CCNCc4cccc(-c5cccc(OC6CNC6)c5)c4)OC3=O)nc2N1. The third-order valence-corrected chi connectivity index (χ3v) is 6.72. The summed E-state index contributed by atoms with van der Waals surface area (Å²) in [5.41, 5.74) is 3.43. The predicted octanol–water partition coefficient (Wildman–Crippen LogP) is 2.94. The van der Waals surface area contributed by atoms with E-state index in [-0.39, 0.29) is 24.7 Å². The average Bonchev–Trinajstić information content (AvgIpc) is 3.29. The number of fused-ring (bicyclic) bond motifs is 1. The second-order valence-electron chi connectivity index (χ2n) is 9.56. The minimum atomic E-state index is -0.446. The van der Waals surface area contributed by atoms with Gasteiger partial charge in [-0.1, -0.05) is 30.3 Å². The van der Waals surface area contributed by atoms with Crippen LogP contribution in [0.2, 0.25) is 0 Å². The molecule has 196 valence electrons. The van der Waals surface area contributed by atoms with Crippen LogP contribution >= 0.6 is 0 Å².